The summed E-state index contributed by atoms with van der Waals surface area (Å²) in [4.78, 5) is 12.4. The van der Waals surface area contributed by atoms with Crippen molar-refractivity contribution in [3.8, 4) is 17.1 Å². The molecule has 0 radical (unpaired) electrons. The van der Waals surface area contributed by atoms with E-state index in [9.17, 15) is 4.79 Å². The van der Waals surface area contributed by atoms with Crippen LogP contribution in [0.25, 0.3) is 11.4 Å². The molecule has 1 atom stereocenters. The van der Waals surface area contributed by atoms with Crippen LogP contribution in [-0.4, -0.2) is 33.0 Å². The normalized spacial score (nSPS) is 11.8. The zero-order valence-corrected chi connectivity index (χ0v) is 17.8. The van der Waals surface area contributed by atoms with Crippen LogP contribution in [0.4, 0.5) is 0 Å². The molecule has 0 bridgehead atoms. The third-order valence-electron chi connectivity index (χ3n) is 4.47. The molecular formula is C22H26N4O2S. The zero-order chi connectivity index (χ0) is 20.6. The van der Waals surface area contributed by atoms with E-state index in [1.165, 1.54) is 11.8 Å². The fourth-order valence-electron chi connectivity index (χ4n) is 3.05. The molecule has 0 aliphatic carbocycles. The van der Waals surface area contributed by atoms with Gasteiger partial charge in [0.25, 0.3) is 0 Å². The monoisotopic (exact) mass is 410 g/mol. The largest absolute Gasteiger partial charge is 0.493 e. The number of ether oxygens (including phenoxy) is 1. The van der Waals surface area contributed by atoms with E-state index in [4.69, 9.17) is 4.74 Å². The topological polar surface area (TPSA) is 69.0 Å². The molecule has 1 aromatic heterocycles. The SMILES string of the molecule is CCOc1ccccc1-c1nnc(SCC(=O)NC(C)c2ccccc2)n1CC. The summed E-state index contributed by atoms with van der Waals surface area (Å²) >= 11 is 1.39. The average Bonchev–Trinajstić information content (AvgIpc) is 3.16. The van der Waals surface area contributed by atoms with Crippen molar-refractivity contribution in [2.24, 2.45) is 0 Å². The lowest BCUT2D eigenvalue weighted by molar-refractivity contribution is -0.119. The van der Waals surface area contributed by atoms with Crippen molar-refractivity contribution in [3.05, 3.63) is 60.2 Å². The summed E-state index contributed by atoms with van der Waals surface area (Å²) in [5.41, 5.74) is 1.98. The number of nitrogens with zero attached hydrogens (tertiary/aromatic N) is 3. The molecule has 1 heterocycles. The molecular weight excluding hydrogens is 384 g/mol. The first-order chi connectivity index (χ1) is 14.1. The Balaban J connectivity index is 1.69. The molecule has 1 unspecified atom stereocenters. The van der Waals surface area contributed by atoms with Crippen LogP contribution in [0, 0.1) is 0 Å². The number of thioether (sulfide) groups is 1. The zero-order valence-electron chi connectivity index (χ0n) is 17.0. The predicted molar refractivity (Wildman–Crippen MR) is 116 cm³/mol. The summed E-state index contributed by atoms with van der Waals surface area (Å²) in [6.45, 7) is 7.26. The minimum atomic E-state index is -0.0398. The molecule has 1 N–H and O–H groups in total. The second-order valence-electron chi connectivity index (χ2n) is 6.47. The van der Waals surface area contributed by atoms with Gasteiger partial charge in [-0.25, -0.2) is 0 Å². The first kappa shape index (κ1) is 20.9. The Bertz CT molecular complexity index is 943. The van der Waals surface area contributed by atoms with E-state index >= 15 is 0 Å². The summed E-state index contributed by atoms with van der Waals surface area (Å²) in [6.07, 6.45) is 0. The molecule has 0 spiro atoms. The van der Waals surface area contributed by atoms with E-state index in [1.54, 1.807) is 0 Å². The highest BCUT2D eigenvalue weighted by molar-refractivity contribution is 7.99. The minimum Gasteiger partial charge on any atom is -0.493 e. The molecule has 0 saturated carbocycles. The van der Waals surface area contributed by atoms with E-state index in [-0.39, 0.29) is 17.7 Å². The summed E-state index contributed by atoms with van der Waals surface area (Å²) in [5, 5.41) is 12.4. The lowest BCUT2D eigenvalue weighted by atomic mass is 10.1. The van der Waals surface area contributed by atoms with Crippen LogP contribution < -0.4 is 10.1 Å². The summed E-state index contributed by atoms with van der Waals surface area (Å²) in [5.74, 6) is 1.77. The molecule has 152 valence electrons. The summed E-state index contributed by atoms with van der Waals surface area (Å²) in [6, 6.07) is 17.7. The van der Waals surface area contributed by atoms with Gasteiger partial charge in [-0.2, -0.15) is 0 Å². The second kappa shape index (κ2) is 10.1. The average molecular weight is 411 g/mol. The Morgan fingerprint density at radius 2 is 1.83 bits per heavy atom. The molecule has 0 fully saturated rings. The van der Waals surface area contributed by atoms with Gasteiger partial charge in [-0.3, -0.25) is 4.79 Å². The van der Waals surface area contributed by atoms with E-state index in [0.717, 1.165) is 27.9 Å². The predicted octanol–water partition coefficient (Wildman–Crippen LogP) is 4.33. The second-order valence-corrected chi connectivity index (χ2v) is 7.41. The third-order valence-corrected chi connectivity index (χ3v) is 5.44. The number of carbonyl (C=O) groups excluding carboxylic acids is 1. The van der Waals surface area contributed by atoms with Crippen molar-refractivity contribution in [3.63, 3.8) is 0 Å². The number of hydrogen-bond acceptors (Lipinski definition) is 5. The third kappa shape index (κ3) is 5.17. The van der Waals surface area contributed by atoms with Gasteiger partial charge in [0.05, 0.1) is 24.0 Å². The van der Waals surface area contributed by atoms with E-state index < -0.39 is 0 Å². The molecule has 1 amide bonds. The molecule has 0 aliphatic rings. The number of para-hydroxylation sites is 1. The standard InChI is InChI=1S/C22H26N4O2S/c1-4-26-21(18-13-9-10-14-19(18)28-5-2)24-25-22(26)29-15-20(27)23-16(3)17-11-7-6-8-12-17/h6-14,16H,4-5,15H2,1-3H3,(H,23,27). The highest BCUT2D eigenvalue weighted by Gasteiger charge is 2.18. The van der Waals surface area contributed by atoms with E-state index in [2.05, 4.69) is 15.5 Å². The van der Waals surface area contributed by atoms with Crippen molar-refractivity contribution in [1.29, 1.82) is 0 Å². The lowest BCUT2D eigenvalue weighted by Gasteiger charge is -2.14. The van der Waals surface area contributed by atoms with Gasteiger partial charge >= 0.3 is 0 Å². The highest BCUT2D eigenvalue weighted by atomic mass is 32.2. The smallest absolute Gasteiger partial charge is 0.230 e. The maximum absolute atomic E-state index is 12.4. The van der Waals surface area contributed by atoms with Crippen LogP contribution in [0.2, 0.25) is 0 Å². The molecule has 3 aromatic rings. The van der Waals surface area contributed by atoms with E-state index in [1.807, 2.05) is 79.9 Å². The maximum atomic E-state index is 12.4. The first-order valence-electron chi connectivity index (χ1n) is 9.76. The van der Waals surface area contributed by atoms with Gasteiger partial charge in [0.1, 0.15) is 5.75 Å². The summed E-state index contributed by atoms with van der Waals surface area (Å²) in [7, 11) is 0. The quantitative estimate of drug-likeness (QED) is 0.532. The fourth-order valence-corrected chi connectivity index (χ4v) is 3.86. The maximum Gasteiger partial charge on any atom is 0.230 e. The number of rotatable bonds is 9. The molecule has 2 aromatic carbocycles. The molecule has 7 heteroatoms. The number of carbonyl (C=O) groups is 1. The van der Waals surface area contributed by atoms with Gasteiger partial charge in [-0.15, -0.1) is 10.2 Å². The van der Waals surface area contributed by atoms with Gasteiger partial charge in [-0.05, 0) is 38.5 Å². The Labute approximate surface area is 175 Å². The number of aromatic nitrogens is 3. The molecule has 29 heavy (non-hydrogen) atoms. The van der Waals surface area contributed by atoms with Gasteiger partial charge in [0.2, 0.25) is 5.91 Å². The van der Waals surface area contributed by atoms with E-state index in [0.29, 0.717) is 13.2 Å². The van der Waals surface area contributed by atoms with Crippen LogP contribution >= 0.6 is 11.8 Å². The Kier molecular flexibility index (Phi) is 7.30. The Morgan fingerprint density at radius 3 is 2.55 bits per heavy atom. The molecule has 3 rings (SSSR count). The molecule has 0 saturated heterocycles. The van der Waals surface area contributed by atoms with Gasteiger partial charge in [0.15, 0.2) is 11.0 Å². The van der Waals surface area contributed by atoms with Crippen molar-refractivity contribution in [2.45, 2.75) is 38.5 Å². The Hall–Kier alpha value is -2.80. The number of benzene rings is 2. The van der Waals surface area contributed by atoms with Crippen molar-refractivity contribution in [2.75, 3.05) is 12.4 Å². The van der Waals surface area contributed by atoms with Crippen LogP contribution in [0.5, 0.6) is 5.75 Å². The highest BCUT2D eigenvalue weighted by Crippen LogP contribution is 2.31. The Morgan fingerprint density at radius 1 is 1.10 bits per heavy atom. The number of amides is 1. The van der Waals surface area contributed by atoms with Crippen LogP contribution in [0.3, 0.4) is 0 Å². The van der Waals surface area contributed by atoms with Crippen LogP contribution in [-0.2, 0) is 11.3 Å². The van der Waals surface area contributed by atoms with Gasteiger partial charge in [0, 0.05) is 6.54 Å². The van der Waals surface area contributed by atoms with Crippen molar-refractivity contribution < 1.29 is 9.53 Å². The minimum absolute atomic E-state index is 0.0340. The summed E-state index contributed by atoms with van der Waals surface area (Å²) < 4.78 is 7.74. The number of hydrogen-bond donors (Lipinski definition) is 1. The van der Waals surface area contributed by atoms with Crippen LogP contribution in [0.1, 0.15) is 32.4 Å². The fraction of sp³-hybridized carbons (Fsp3) is 0.318. The molecule has 0 aliphatic heterocycles. The first-order valence-corrected chi connectivity index (χ1v) is 10.7. The van der Waals surface area contributed by atoms with Gasteiger partial charge < -0.3 is 14.6 Å². The van der Waals surface area contributed by atoms with Gasteiger partial charge in [-0.1, -0.05) is 54.2 Å². The molecule has 6 nitrogen and oxygen atoms in total. The number of nitrogens with one attached hydrogen (secondary N) is 1. The van der Waals surface area contributed by atoms with Crippen molar-refractivity contribution >= 4 is 17.7 Å². The lowest BCUT2D eigenvalue weighted by Crippen LogP contribution is -2.28. The van der Waals surface area contributed by atoms with Crippen LogP contribution in [0.15, 0.2) is 59.8 Å². The van der Waals surface area contributed by atoms with Crippen molar-refractivity contribution in [1.82, 2.24) is 20.1 Å².